The van der Waals surface area contributed by atoms with Crippen LogP contribution in [0.5, 0.6) is 0 Å². The van der Waals surface area contributed by atoms with E-state index in [0.717, 1.165) is 17.0 Å². The highest BCUT2D eigenvalue weighted by molar-refractivity contribution is 6.30. The first-order valence-corrected chi connectivity index (χ1v) is 5.47. The summed E-state index contributed by atoms with van der Waals surface area (Å²) in [6.07, 6.45) is 6.69. The second kappa shape index (κ2) is 7.23. The molecule has 0 aliphatic heterocycles. The minimum atomic E-state index is 0.126. The lowest BCUT2D eigenvalue weighted by Crippen LogP contribution is -2.25. The number of halogens is 1. The van der Waals surface area contributed by atoms with Crippen molar-refractivity contribution >= 4 is 17.7 Å². The second-order valence-electron chi connectivity index (χ2n) is 3.37. The molecule has 1 aromatic carbocycles. The van der Waals surface area contributed by atoms with Crippen molar-refractivity contribution < 1.29 is 4.84 Å². The van der Waals surface area contributed by atoms with Gasteiger partial charge >= 0.3 is 0 Å². The van der Waals surface area contributed by atoms with Crippen molar-refractivity contribution in [1.82, 2.24) is 5.48 Å². The Kier molecular flexibility index (Phi) is 5.86. The van der Waals surface area contributed by atoms with Crippen LogP contribution >= 0.6 is 11.6 Å². The highest BCUT2D eigenvalue weighted by atomic mass is 35.5. The molecule has 1 rings (SSSR count). The molecule has 0 radical (unpaired) electrons. The van der Waals surface area contributed by atoms with Gasteiger partial charge in [0.15, 0.2) is 0 Å². The monoisotopic (exact) mass is 237 g/mol. The van der Waals surface area contributed by atoms with Crippen LogP contribution in [0.15, 0.2) is 43.0 Å². The van der Waals surface area contributed by atoms with E-state index in [9.17, 15) is 0 Å². The molecule has 0 heterocycles. The predicted molar refractivity (Wildman–Crippen MR) is 69.2 cm³/mol. The van der Waals surface area contributed by atoms with E-state index in [4.69, 9.17) is 16.4 Å². The molecule has 0 aliphatic rings. The molecule has 0 saturated heterocycles. The fraction of sp³-hybridized carbons (Fsp3) is 0.231. The second-order valence-corrected chi connectivity index (χ2v) is 3.80. The van der Waals surface area contributed by atoms with Crippen molar-refractivity contribution in [3.63, 3.8) is 0 Å². The van der Waals surface area contributed by atoms with Gasteiger partial charge in [0.1, 0.15) is 0 Å². The summed E-state index contributed by atoms with van der Waals surface area (Å²) < 4.78 is 0. The summed E-state index contributed by atoms with van der Waals surface area (Å²) in [7, 11) is 1.60. The Morgan fingerprint density at radius 3 is 3.00 bits per heavy atom. The molecule has 0 saturated carbocycles. The average Bonchev–Trinajstić information content (AvgIpc) is 2.27. The zero-order valence-corrected chi connectivity index (χ0v) is 10.1. The van der Waals surface area contributed by atoms with Crippen molar-refractivity contribution in [2.75, 3.05) is 7.11 Å². The van der Waals surface area contributed by atoms with Gasteiger partial charge in [-0.3, -0.25) is 0 Å². The first-order valence-electron chi connectivity index (χ1n) is 5.09. The van der Waals surface area contributed by atoms with Crippen LogP contribution in [-0.4, -0.2) is 13.2 Å². The van der Waals surface area contributed by atoms with Crippen molar-refractivity contribution in [3.8, 4) is 0 Å². The third kappa shape index (κ3) is 4.62. The van der Waals surface area contributed by atoms with Crippen molar-refractivity contribution in [1.29, 1.82) is 0 Å². The highest BCUT2D eigenvalue weighted by Crippen LogP contribution is 2.12. The van der Waals surface area contributed by atoms with Gasteiger partial charge in [0.2, 0.25) is 0 Å². The van der Waals surface area contributed by atoms with Gasteiger partial charge in [-0.15, -0.1) is 6.58 Å². The molecule has 0 fully saturated rings. The summed E-state index contributed by atoms with van der Waals surface area (Å²) >= 11 is 5.89. The molecule has 3 heteroatoms. The molecular formula is C13H16ClNO. The Morgan fingerprint density at radius 1 is 1.56 bits per heavy atom. The molecule has 1 N–H and O–H groups in total. The van der Waals surface area contributed by atoms with Gasteiger partial charge in [-0.25, -0.2) is 0 Å². The number of hydrogen-bond acceptors (Lipinski definition) is 2. The van der Waals surface area contributed by atoms with Gasteiger partial charge in [0.25, 0.3) is 0 Å². The lowest BCUT2D eigenvalue weighted by atomic mass is 10.1. The fourth-order valence-electron chi connectivity index (χ4n) is 1.33. The van der Waals surface area contributed by atoms with E-state index in [0.29, 0.717) is 0 Å². The molecule has 1 unspecified atom stereocenters. The van der Waals surface area contributed by atoms with E-state index in [2.05, 4.69) is 12.1 Å². The van der Waals surface area contributed by atoms with Gasteiger partial charge < -0.3 is 4.84 Å². The predicted octanol–water partition coefficient (Wildman–Crippen LogP) is 3.45. The molecule has 0 bridgehead atoms. The van der Waals surface area contributed by atoms with Crippen LogP contribution in [0, 0.1) is 0 Å². The number of nitrogens with one attached hydrogen (secondary N) is 1. The van der Waals surface area contributed by atoms with E-state index in [1.165, 1.54) is 0 Å². The summed E-state index contributed by atoms with van der Waals surface area (Å²) in [5, 5.41) is 0.738. The Balaban J connectivity index is 2.65. The third-order valence-electron chi connectivity index (χ3n) is 2.06. The normalized spacial score (nSPS) is 12.9. The quantitative estimate of drug-likeness (QED) is 0.605. The van der Waals surface area contributed by atoms with Gasteiger partial charge in [0, 0.05) is 5.02 Å². The zero-order valence-electron chi connectivity index (χ0n) is 9.32. The lowest BCUT2D eigenvalue weighted by molar-refractivity contribution is 0.0746. The lowest BCUT2D eigenvalue weighted by Gasteiger charge is -2.10. The first kappa shape index (κ1) is 13.0. The van der Waals surface area contributed by atoms with Gasteiger partial charge in [-0.05, 0) is 24.1 Å². The molecule has 1 aromatic rings. The van der Waals surface area contributed by atoms with E-state index in [-0.39, 0.29) is 6.04 Å². The fourth-order valence-corrected chi connectivity index (χ4v) is 1.53. The topological polar surface area (TPSA) is 21.3 Å². The molecule has 86 valence electrons. The van der Waals surface area contributed by atoms with E-state index in [1.54, 1.807) is 7.11 Å². The molecule has 0 aromatic heterocycles. The SMILES string of the molecule is C=CCC(/C=C/c1cccc(Cl)c1)NOC. The third-order valence-corrected chi connectivity index (χ3v) is 2.29. The van der Waals surface area contributed by atoms with Crippen LogP contribution in [-0.2, 0) is 4.84 Å². The Bertz CT molecular complexity index is 363. The number of rotatable bonds is 6. The maximum atomic E-state index is 5.89. The van der Waals surface area contributed by atoms with E-state index in [1.807, 2.05) is 42.5 Å². The Morgan fingerprint density at radius 2 is 2.38 bits per heavy atom. The molecule has 0 spiro atoms. The van der Waals surface area contributed by atoms with Gasteiger partial charge in [-0.1, -0.05) is 42.0 Å². The van der Waals surface area contributed by atoms with Crippen LogP contribution in [0.1, 0.15) is 12.0 Å². The molecule has 0 amide bonds. The molecule has 1 atom stereocenters. The summed E-state index contributed by atoms with van der Waals surface area (Å²) in [5.41, 5.74) is 3.95. The highest BCUT2D eigenvalue weighted by Gasteiger charge is 1.99. The zero-order chi connectivity index (χ0) is 11.8. The van der Waals surface area contributed by atoms with E-state index < -0.39 is 0 Å². The summed E-state index contributed by atoms with van der Waals surface area (Å²) in [5.74, 6) is 0. The van der Waals surface area contributed by atoms with Gasteiger partial charge in [0.05, 0.1) is 13.2 Å². The van der Waals surface area contributed by atoms with Crippen LogP contribution in [0.2, 0.25) is 5.02 Å². The minimum absolute atomic E-state index is 0.126. The first-order chi connectivity index (χ1) is 7.76. The van der Waals surface area contributed by atoms with E-state index >= 15 is 0 Å². The maximum Gasteiger partial charge on any atom is 0.0572 e. The van der Waals surface area contributed by atoms with Crippen LogP contribution in [0.3, 0.4) is 0 Å². The largest absolute Gasteiger partial charge is 0.305 e. The standard InChI is InChI=1S/C13H16ClNO/c1-3-5-13(15-16-2)9-8-11-6-4-7-12(14)10-11/h3-4,6-10,13,15H,1,5H2,2H3/b9-8+. The average molecular weight is 238 g/mol. The van der Waals surface area contributed by atoms with Crippen LogP contribution in [0.25, 0.3) is 6.08 Å². The van der Waals surface area contributed by atoms with Crippen molar-refractivity contribution in [2.45, 2.75) is 12.5 Å². The summed E-state index contributed by atoms with van der Waals surface area (Å²) in [4.78, 5) is 4.89. The van der Waals surface area contributed by atoms with Crippen molar-refractivity contribution in [2.24, 2.45) is 0 Å². The summed E-state index contributed by atoms with van der Waals surface area (Å²) in [6.45, 7) is 3.70. The molecule has 0 aliphatic carbocycles. The number of hydrogen-bond donors (Lipinski definition) is 1. The molecule has 16 heavy (non-hydrogen) atoms. The maximum absolute atomic E-state index is 5.89. The van der Waals surface area contributed by atoms with Crippen LogP contribution in [0.4, 0.5) is 0 Å². The molecular weight excluding hydrogens is 222 g/mol. The van der Waals surface area contributed by atoms with Crippen molar-refractivity contribution in [3.05, 3.63) is 53.6 Å². The number of benzene rings is 1. The smallest absolute Gasteiger partial charge is 0.0572 e. The Labute approximate surface area is 102 Å². The Hall–Kier alpha value is -1.09. The minimum Gasteiger partial charge on any atom is -0.305 e. The number of hydroxylamine groups is 1. The van der Waals surface area contributed by atoms with Crippen LogP contribution < -0.4 is 5.48 Å². The van der Waals surface area contributed by atoms with Gasteiger partial charge in [-0.2, -0.15) is 5.48 Å². The molecule has 2 nitrogen and oxygen atoms in total. The summed E-state index contributed by atoms with van der Waals surface area (Å²) in [6, 6.07) is 7.82.